The Hall–Kier alpha value is 1.22. The van der Waals surface area contributed by atoms with Crippen LogP contribution in [0.15, 0.2) is 0 Å². The molecule has 92 valence electrons. The van der Waals surface area contributed by atoms with Crippen molar-refractivity contribution in [3.63, 3.8) is 0 Å². The molecule has 0 spiro atoms. The molecule has 1 fully saturated rings. The number of hydrogen-bond donors (Lipinski definition) is 0. The summed E-state index contributed by atoms with van der Waals surface area (Å²) in [5, 5.41) is 0. The van der Waals surface area contributed by atoms with E-state index in [4.69, 9.17) is 0 Å². The normalized spacial score (nSPS) is 26.1. The molecule has 0 radical (unpaired) electrons. The van der Waals surface area contributed by atoms with Crippen LogP contribution in [0.25, 0.3) is 0 Å². The van der Waals surface area contributed by atoms with Crippen molar-refractivity contribution in [2.45, 2.75) is 89.4 Å². The maximum absolute atomic E-state index is 2.48. The summed E-state index contributed by atoms with van der Waals surface area (Å²) in [6.45, 7) is 7.40. The van der Waals surface area contributed by atoms with Gasteiger partial charge >= 0.3 is 29.6 Å². The van der Waals surface area contributed by atoms with Crippen molar-refractivity contribution in [1.82, 2.24) is 0 Å². The molecule has 1 aliphatic rings. The summed E-state index contributed by atoms with van der Waals surface area (Å²) in [6, 6.07) is 4.72. The summed E-state index contributed by atoms with van der Waals surface area (Å²) in [5.41, 5.74) is 1.14. The van der Waals surface area contributed by atoms with Gasteiger partial charge in [0, 0.05) is 0 Å². The third-order valence-corrected chi connectivity index (χ3v) is 11.6. The predicted octanol–water partition coefficient (Wildman–Crippen LogP) is 4.96. The van der Waals surface area contributed by atoms with Gasteiger partial charge in [0.2, 0.25) is 0 Å². The van der Waals surface area contributed by atoms with E-state index in [2.05, 4.69) is 20.8 Å². The van der Waals surface area contributed by atoms with Crippen molar-refractivity contribution in [3.8, 4) is 0 Å². The monoisotopic (exact) mass is 250 g/mol. The van der Waals surface area contributed by atoms with Crippen LogP contribution in [0.1, 0.15) is 65.7 Å². The topological polar surface area (TPSA) is 0 Å². The second-order valence-electron chi connectivity index (χ2n) is 5.48. The van der Waals surface area contributed by atoms with Crippen molar-refractivity contribution in [1.29, 1.82) is 0 Å². The summed E-state index contributed by atoms with van der Waals surface area (Å²) in [6.07, 6.45) is 10.6. The molecule has 0 bridgehead atoms. The van der Waals surface area contributed by atoms with Crippen LogP contribution in [0.3, 0.4) is 0 Å². The van der Waals surface area contributed by atoms with E-state index < -0.39 is 8.07 Å². The molecule has 1 unspecified atom stereocenters. The van der Waals surface area contributed by atoms with Crippen LogP contribution < -0.4 is 0 Å². The van der Waals surface area contributed by atoms with Gasteiger partial charge in [-0.25, -0.2) is 0 Å². The summed E-state index contributed by atoms with van der Waals surface area (Å²) < 4.78 is 0. The van der Waals surface area contributed by atoms with Crippen LogP contribution in [-0.2, 0) is 0 Å². The first kappa shape index (κ1) is 17.2. The molecule has 0 aromatic heterocycles. The Bertz CT molecular complexity index is 166. The Morgan fingerprint density at radius 1 is 0.875 bits per heavy atom. The second-order valence-corrected chi connectivity index (χ2v) is 10.9. The van der Waals surface area contributed by atoms with Crippen molar-refractivity contribution in [2.75, 3.05) is 0 Å². The molecule has 0 N–H and O–H groups in total. The Kier molecular flexibility index (Phi) is 9.89. The molecule has 0 aliphatic carbocycles. The van der Waals surface area contributed by atoms with Crippen molar-refractivity contribution in [2.24, 2.45) is 0 Å². The van der Waals surface area contributed by atoms with Crippen molar-refractivity contribution < 1.29 is 0 Å². The third-order valence-electron chi connectivity index (χ3n) is 4.99. The van der Waals surface area contributed by atoms with Crippen LogP contribution in [0.4, 0.5) is 0 Å². The van der Waals surface area contributed by atoms with Crippen LogP contribution >= 0.6 is 0 Å². The molecule has 0 saturated carbocycles. The summed E-state index contributed by atoms with van der Waals surface area (Å²) in [4.78, 5) is 0. The van der Waals surface area contributed by atoms with E-state index in [0.717, 1.165) is 5.54 Å². The van der Waals surface area contributed by atoms with Gasteiger partial charge < -0.3 is 0 Å². The summed E-state index contributed by atoms with van der Waals surface area (Å²) in [7, 11) is -0.875. The molecule has 1 heterocycles. The quantitative estimate of drug-likeness (QED) is 0.621. The fourth-order valence-corrected chi connectivity index (χ4v) is 9.13. The molecular formula is C14H31NaSi. The Morgan fingerprint density at radius 3 is 2.00 bits per heavy atom. The Labute approximate surface area is 126 Å². The van der Waals surface area contributed by atoms with Gasteiger partial charge in [-0.1, -0.05) is 83.8 Å². The molecule has 1 rings (SSSR count). The first-order valence-electron chi connectivity index (χ1n) is 7.29. The van der Waals surface area contributed by atoms with E-state index >= 15 is 0 Å². The fraction of sp³-hybridized carbons (Fsp3) is 1.00. The minimum atomic E-state index is -0.875. The molecular weight excluding hydrogens is 219 g/mol. The zero-order valence-corrected chi connectivity index (χ0v) is 12.1. The average Bonchev–Trinajstić information content (AvgIpc) is 2.38. The number of rotatable bonds is 3. The molecule has 1 atom stereocenters. The molecule has 0 aromatic rings. The minimum absolute atomic E-state index is 0. The molecule has 0 aromatic carbocycles. The van der Waals surface area contributed by atoms with E-state index in [9.17, 15) is 0 Å². The molecule has 2 heteroatoms. The first-order chi connectivity index (χ1) is 7.29. The zero-order valence-electron chi connectivity index (χ0n) is 11.1. The van der Waals surface area contributed by atoms with Crippen molar-refractivity contribution >= 4 is 37.6 Å². The second kappa shape index (κ2) is 9.19. The molecule has 1 aliphatic heterocycles. The molecule has 0 nitrogen and oxygen atoms in total. The van der Waals surface area contributed by atoms with Crippen LogP contribution in [0.2, 0.25) is 23.7 Å². The first-order valence-corrected chi connectivity index (χ1v) is 9.99. The molecule has 0 amide bonds. The average molecular weight is 250 g/mol. The Morgan fingerprint density at radius 2 is 1.44 bits per heavy atom. The van der Waals surface area contributed by atoms with Gasteiger partial charge in [0.25, 0.3) is 0 Å². The van der Waals surface area contributed by atoms with Gasteiger partial charge in [-0.3, -0.25) is 0 Å². The van der Waals surface area contributed by atoms with E-state index in [1.165, 1.54) is 32.1 Å². The van der Waals surface area contributed by atoms with Gasteiger partial charge in [-0.15, -0.1) is 0 Å². The van der Waals surface area contributed by atoms with E-state index in [1.54, 1.807) is 31.0 Å². The van der Waals surface area contributed by atoms with Gasteiger partial charge in [0.1, 0.15) is 0 Å². The number of hydrogen-bond acceptors (Lipinski definition) is 0. The van der Waals surface area contributed by atoms with Gasteiger partial charge in [0.15, 0.2) is 0 Å². The maximum atomic E-state index is 2.48. The predicted molar refractivity (Wildman–Crippen MR) is 80.4 cm³/mol. The molecule has 16 heavy (non-hydrogen) atoms. The zero-order chi connectivity index (χ0) is 11.1. The van der Waals surface area contributed by atoms with E-state index in [-0.39, 0.29) is 29.6 Å². The van der Waals surface area contributed by atoms with E-state index in [1.807, 2.05) is 0 Å². The third kappa shape index (κ3) is 4.47. The van der Waals surface area contributed by atoms with Crippen molar-refractivity contribution in [3.05, 3.63) is 0 Å². The SMILES string of the molecule is CCC1CCCCCCC[Si]1(CC)CC.[NaH]. The summed E-state index contributed by atoms with van der Waals surface area (Å²) >= 11 is 0. The van der Waals surface area contributed by atoms with Gasteiger partial charge in [-0.05, 0) is 5.54 Å². The fourth-order valence-electron chi connectivity index (χ4n) is 3.73. The van der Waals surface area contributed by atoms with Gasteiger partial charge in [0.05, 0.1) is 8.07 Å². The molecule has 1 saturated heterocycles. The van der Waals surface area contributed by atoms with Crippen LogP contribution in [-0.4, -0.2) is 37.6 Å². The standard InChI is InChI=1S/C14H30Si.Na.H/c1-4-14-12-10-8-7-9-11-13-15(14,5-2)6-3;;/h14H,4-13H2,1-3H3;;. The Balaban J connectivity index is 0.00000225. The summed E-state index contributed by atoms with van der Waals surface area (Å²) in [5.74, 6) is 0. The van der Waals surface area contributed by atoms with Crippen LogP contribution in [0, 0.1) is 0 Å². The van der Waals surface area contributed by atoms with Crippen LogP contribution in [0.5, 0.6) is 0 Å². The van der Waals surface area contributed by atoms with Gasteiger partial charge in [-0.2, -0.15) is 0 Å². The van der Waals surface area contributed by atoms with E-state index in [0.29, 0.717) is 0 Å².